The van der Waals surface area contributed by atoms with E-state index in [4.69, 9.17) is 0 Å². The molecule has 1 aromatic carbocycles. The van der Waals surface area contributed by atoms with E-state index in [1.807, 2.05) is 38.1 Å². The van der Waals surface area contributed by atoms with Crippen LogP contribution in [0.15, 0.2) is 35.4 Å². The molecule has 0 aliphatic carbocycles. The minimum Gasteiger partial charge on any atom is -0.250 e. The molecule has 0 saturated heterocycles. The highest BCUT2D eigenvalue weighted by Crippen LogP contribution is 2.10. The smallest absolute Gasteiger partial charge is 0.250 e. The highest BCUT2D eigenvalue weighted by molar-refractivity contribution is 14.1. The number of halogens is 1. The molecule has 0 radical (unpaired) electrons. The van der Waals surface area contributed by atoms with Crippen LogP contribution in [0.25, 0.3) is 5.69 Å². The van der Waals surface area contributed by atoms with Crippen molar-refractivity contribution in [1.29, 1.82) is 0 Å². The Morgan fingerprint density at radius 3 is 2.59 bits per heavy atom. The van der Waals surface area contributed by atoms with Gasteiger partial charge in [-0.3, -0.25) is 0 Å². The fourth-order valence-corrected chi connectivity index (χ4v) is 1.93. The molecule has 2 rings (SSSR count). The second-order valence-corrected chi connectivity index (χ2v) is 5.21. The fraction of sp³-hybridized carbons (Fsp3) is 0.333. The molecule has 0 N–H and O–H groups in total. The molecule has 0 amide bonds. The quantitative estimate of drug-likeness (QED) is 0.804. The van der Waals surface area contributed by atoms with E-state index >= 15 is 0 Å². The summed E-state index contributed by atoms with van der Waals surface area (Å²) in [6, 6.07) is 7.93. The number of rotatable bonds is 3. The average molecular weight is 343 g/mol. The van der Waals surface area contributed by atoms with Gasteiger partial charge in [-0.05, 0) is 60.2 Å². The fourth-order valence-electron chi connectivity index (χ4n) is 1.57. The van der Waals surface area contributed by atoms with Crippen LogP contribution in [-0.2, 0) is 0 Å². The van der Waals surface area contributed by atoms with Crippen molar-refractivity contribution in [2.24, 2.45) is 0 Å². The van der Waals surface area contributed by atoms with Crippen molar-refractivity contribution in [2.45, 2.75) is 26.3 Å². The number of hydrogen-bond acceptors (Lipinski definition) is 2. The lowest BCUT2D eigenvalue weighted by Crippen LogP contribution is -2.26. The van der Waals surface area contributed by atoms with Gasteiger partial charge in [0.15, 0.2) is 0 Å². The first-order valence-electron chi connectivity index (χ1n) is 5.55. The van der Waals surface area contributed by atoms with Crippen molar-refractivity contribution in [3.8, 4) is 5.69 Å². The van der Waals surface area contributed by atoms with E-state index in [1.54, 1.807) is 10.9 Å². The van der Waals surface area contributed by atoms with Gasteiger partial charge in [0.05, 0.1) is 11.7 Å². The SMILES string of the molecule is CCC(C)n1ncn(-c2ccc(I)cc2)c1=O. The van der Waals surface area contributed by atoms with Crippen LogP contribution < -0.4 is 5.69 Å². The van der Waals surface area contributed by atoms with Crippen LogP contribution in [0.1, 0.15) is 26.3 Å². The molecular weight excluding hydrogens is 329 g/mol. The highest BCUT2D eigenvalue weighted by atomic mass is 127. The molecule has 1 atom stereocenters. The van der Waals surface area contributed by atoms with Gasteiger partial charge in [0.2, 0.25) is 0 Å². The van der Waals surface area contributed by atoms with Crippen molar-refractivity contribution < 1.29 is 0 Å². The van der Waals surface area contributed by atoms with E-state index in [2.05, 4.69) is 27.7 Å². The van der Waals surface area contributed by atoms with Crippen LogP contribution in [0, 0.1) is 3.57 Å². The molecule has 0 bridgehead atoms. The molecule has 5 heteroatoms. The lowest BCUT2D eigenvalue weighted by atomic mass is 10.3. The normalized spacial score (nSPS) is 12.6. The second-order valence-electron chi connectivity index (χ2n) is 3.96. The third-order valence-corrected chi connectivity index (χ3v) is 3.53. The Balaban J connectivity index is 2.44. The molecule has 17 heavy (non-hydrogen) atoms. The van der Waals surface area contributed by atoms with Crippen LogP contribution in [0.5, 0.6) is 0 Å². The van der Waals surface area contributed by atoms with Crippen molar-refractivity contribution in [3.05, 3.63) is 44.6 Å². The number of aromatic nitrogens is 3. The molecule has 1 heterocycles. The predicted octanol–water partition coefficient (Wildman–Crippen LogP) is 2.61. The summed E-state index contributed by atoms with van der Waals surface area (Å²) in [5.74, 6) is 0. The van der Waals surface area contributed by atoms with E-state index in [9.17, 15) is 4.79 Å². The summed E-state index contributed by atoms with van der Waals surface area (Å²) in [6.07, 6.45) is 2.47. The van der Waals surface area contributed by atoms with Crippen LogP contribution >= 0.6 is 22.6 Å². The lowest BCUT2D eigenvalue weighted by Gasteiger charge is -2.06. The maximum atomic E-state index is 12.1. The first kappa shape index (κ1) is 12.3. The zero-order chi connectivity index (χ0) is 12.4. The van der Waals surface area contributed by atoms with Gasteiger partial charge in [-0.1, -0.05) is 6.92 Å². The third-order valence-electron chi connectivity index (χ3n) is 2.81. The largest absolute Gasteiger partial charge is 0.350 e. The maximum absolute atomic E-state index is 12.1. The van der Waals surface area contributed by atoms with Gasteiger partial charge in [-0.25, -0.2) is 14.0 Å². The molecule has 90 valence electrons. The first-order chi connectivity index (χ1) is 8.13. The standard InChI is InChI=1S/C12H14IN3O/c1-3-9(2)16-12(17)15(8-14-16)11-6-4-10(13)5-7-11/h4-9H,3H2,1-2H3. The second kappa shape index (κ2) is 5.03. The monoisotopic (exact) mass is 343 g/mol. The molecule has 4 nitrogen and oxygen atoms in total. The van der Waals surface area contributed by atoms with Gasteiger partial charge in [-0.2, -0.15) is 5.10 Å². The molecule has 1 aromatic heterocycles. The topological polar surface area (TPSA) is 39.8 Å². The summed E-state index contributed by atoms with van der Waals surface area (Å²) >= 11 is 2.24. The summed E-state index contributed by atoms with van der Waals surface area (Å²) in [5, 5.41) is 4.15. The van der Waals surface area contributed by atoms with E-state index < -0.39 is 0 Å². The third kappa shape index (κ3) is 2.43. The molecule has 0 saturated carbocycles. The minimum atomic E-state index is -0.0828. The van der Waals surface area contributed by atoms with Gasteiger partial charge < -0.3 is 0 Å². The molecule has 2 aromatic rings. The summed E-state index contributed by atoms with van der Waals surface area (Å²) in [7, 11) is 0. The van der Waals surface area contributed by atoms with Gasteiger partial charge in [0.1, 0.15) is 6.33 Å². The highest BCUT2D eigenvalue weighted by Gasteiger charge is 2.10. The van der Waals surface area contributed by atoms with Crippen LogP contribution in [-0.4, -0.2) is 14.3 Å². The first-order valence-corrected chi connectivity index (χ1v) is 6.63. The predicted molar refractivity (Wildman–Crippen MR) is 75.5 cm³/mol. The summed E-state index contributed by atoms with van der Waals surface area (Å²) in [4.78, 5) is 12.1. The zero-order valence-electron chi connectivity index (χ0n) is 9.80. The van der Waals surface area contributed by atoms with Crippen molar-refractivity contribution >= 4 is 22.6 Å². The minimum absolute atomic E-state index is 0.0828. The average Bonchev–Trinajstić information content (AvgIpc) is 2.71. The Morgan fingerprint density at radius 2 is 2.00 bits per heavy atom. The Bertz CT molecular complexity index is 556. The summed E-state index contributed by atoms with van der Waals surface area (Å²) in [6.45, 7) is 4.04. The Morgan fingerprint density at radius 1 is 1.35 bits per heavy atom. The van der Waals surface area contributed by atoms with Gasteiger partial charge in [0, 0.05) is 3.57 Å². The summed E-state index contributed by atoms with van der Waals surface area (Å²) < 4.78 is 4.24. The molecule has 0 aliphatic heterocycles. The Hall–Kier alpha value is -1.11. The molecule has 0 spiro atoms. The summed E-state index contributed by atoms with van der Waals surface area (Å²) in [5.41, 5.74) is 0.769. The van der Waals surface area contributed by atoms with Crippen LogP contribution in [0.3, 0.4) is 0 Å². The maximum Gasteiger partial charge on any atom is 0.350 e. The zero-order valence-corrected chi connectivity index (χ0v) is 12.0. The van der Waals surface area contributed by atoms with E-state index in [-0.39, 0.29) is 11.7 Å². The van der Waals surface area contributed by atoms with Crippen molar-refractivity contribution in [1.82, 2.24) is 14.3 Å². The molecule has 0 aliphatic rings. The van der Waals surface area contributed by atoms with Gasteiger partial charge in [-0.15, -0.1) is 0 Å². The number of nitrogens with zero attached hydrogens (tertiary/aromatic N) is 3. The van der Waals surface area contributed by atoms with E-state index in [1.165, 1.54) is 4.68 Å². The van der Waals surface area contributed by atoms with Gasteiger partial charge >= 0.3 is 5.69 Å². The van der Waals surface area contributed by atoms with Crippen molar-refractivity contribution in [3.63, 3.8) is 0 Å². The van der Waals surface area contributed by atoms with E-state index in [0.29, 0.717) is 0 Å². The Labute approximate surface area is 113 Å². The lowest BCUT2D eigenvalue weighted by molar-refractivity contribution is 0.460. The van der Waals surface area contributed by atoms with Gasteiger partial charge in [0.25, 0.3) is 0 Å². The van der Waals surface area contributed by atoms with E-state index in [0.717, 1.165) is 15.7 Å². The van der Waals surface area contributed by atoms with Crippen LogP contribution in [0.4, 0.5) is 0 Å². The molecule has 1 unspecified atom stereocenters. The number of hydrogen-bond donors (Lipinski definition) is 0. The molecular formula is C12H14IN3O. The number of benzene rings is 1. The van der Waals surface area contributed by atoms with Crippen LogP contribution in [0.2, 0.25) is 0 Å². The molecule has 0 fully saturated rings. The Kier molecular flexibility index (Phi) is 3.66. The van der Waals surface area contributed by atoms with Crippen molar-refractivity contribution in [2.75, 3.05) is 0 Å².